The van der Waals surface area contributed by atoms with Crippen LogP contribution < -0.4 is 5.32 Å². The van der Waals surface area contributed by atoms with Gasteiger partial charge in [-0.25, -0.2) is 0 Å². The maximum absolute atomic E-state index is 3.73. The Hall–Kier alpha value is -6.90. The lowest BCUT2D eigenvalue weighted by atomic mass is 9.82. The van der Waals surface area contributed by atoms with Crippen molar-refractivity contribution in [1.29, 1.82) is 0 Å². The lowest BCUT2D eigenvalue weighted by molar-refractivity contribution is 0.661. The maximum atomic E-state index is 3.73. The van der Waals surface area contributed by atoms with E-state index >= 15 is 0 Å². The fourth-order valence-electron chi connectivity index (χ4n) is 9.26. The Morgan fingerprint density at radius 3 is 2.05 bits per heavy atom. The standard InChI is InChI=1S/C53H38N2/c1-53(2)46-22-9-7-21-44(46)51-47(53)29-28-43-45-33-38(26-30-50(45)55(52(43)51)49-24-12-16-35-14-5-6-20-42(35)49)36-17-11-18-39(31-36)41-19-8-10-23-48(41)54-40-27-25-34-13-3-4-15-37(34)32-40/h3-33,54H,1-2H3. The van der Waals surface area contributed by atoms with Crippen molar-refractivity contribution in [3.8, 4) is 39.1 Å². The first-order valence-corrected chi connectivity index (χ1v) is 19.2. The van der Waals surface area contributed by atoms with Crippen LogP contribution in [0.2, 0.25) is 0 Å². The highest BCUT2D eigenvalue weighted by Crippen LogP contribution is 2.53. The minimum Gasteiger partial charge on any atom is -0.355 e. The number of anilines is 2. The molecular formula is C53H38N2. The molecule has 0 radical (unpaired) electrons. The number of nitrogens with zero attached hydrogens (tertiary/aromatic N) is 1. The molecule has 2 nitrogen and oxygen atoms in total. The highest BCUT2D eigenvalue weighted by Gasteiger charge is 2.37. The van der Waals surface area contributed by atoms with Gasteiger partial charge >= 0.3 is 0 Å². The first-order valence-electron chi connectivity index (χ1n) is 19.2. The molecule has 1 heterocycles. The van der Waals surface area contributed by atoms with Crippen LogP contribution in [0.25, 0.3) is 82.4 Å². The SMILES string of the molecule is CC1(C)c2ccccc2-c2c1ccc1c3cc(-c4cccc(-c5ccccc5Nc5ccc6ccccc6c5)c4)ccc3n(-c3cccc4ccccc34)c21. The molecule has 0 atom stereocenters. The fraction of sp³-hybridized carbons (Fsp3) is 0.0566. The van der Waals surface area contributed by atoms with Crippen LogP contribution in [0.15, 0.2) is 188 Å². The highest BCUT2D eigenvalue weighted by atomic mass is 15.0. The molecule has 0 amide bonds. The zero-order chi connectivity index (χ0) is 36.7. The summed E-state index contributed by atoms with van der Waals surface area (Å²) in [5.41, 5.74) is 16.0. The molecule has 0 fully saturated rings. The number of rotatable bonds is 5. The number of nitrogens with one attached hydrogen (secondary N) is 1. The Balaban J connectivity index is 1.09. The largest absolute Gasteiger partial charge is 0.355 e. The Bertz CT molecular complexity index is 3160. The molecule has 0 spiro atoms. The lowest BCUT2D eigenvalue weighted by Gasteiger charge is -2.21. The Kier molecular flexibility index (Phi) is 6.93. The topological polar surface area (TPSA) is 17.0 Å². The van der Waals surface area contributed by atoms with Gasteiger partial charge in [0.1, 0.15) is 0 Å². The Morgan fingerprint density at radius 1 is 0.436 bits per heavy atom. The second-order valence-electron chi connectivity index (χ2n) is 15.4. The van der Waals surface area contributed by atoms with E-state index in [0.29, 0.717) is 0 Å². The van der Waals surface area contributed by atoms with Gasteiger partial charge in [0.05, 0.1) is 16.7 Å². The molecule has 11 rings (SSSR count). The molecule has 0 aliphatic heterocycles. The molecule has 1 N–H and O–H groups in total. The van der Waals surface area contributed by atoms with Crippen molar-refractivity contribution in [2.24, 2.45) is 0 Å². The number of para-hydroxylation sites is 1. The Labute approximate surface area is 321 Å². The van der Waals surface area contributed by atoms with Crippen LogP contribution in [0, 0.1) is 0 Å². The second kappa shape index (κ2) is 12.1. The molecule has 0 unspecified atom stereocenters. The summed E-state index contributed by atoms with van der Waals surface area (Å²) < 4.78 is 2.54. The molecule has 0 saturated heterocycles. The molecule has 1 aromatic heterocycles. The first kappa shape index (κ1) is 31.6. The fourth-order valence-corrected chi connectivity index (χ4v) is 9.26. The van der Waals surface area contributed by atoms with Gasteiger partial charge in [-0.05, 0) is 92.0 Å². The Morgan fingerprint density at radius 2 is 1.15 bits per heavy atom. The summed E-state index contributed by atoms with van der Waals surface area (Å²) in [6.07, 6.45) is 0. The van der Waals surface area contributed by atoms with Gasteiger partial charge in [-0.2, -0.15) is 0 Å². The monoisotopic (exact) mass is 702 g/mol. The van der Waals surface area contributed by atoms with Gasteiger partial charge in [-0.15, -0.1) is 0 Å². The van der Waals surface area contributed by atoms with Crippen molar-refractivity contribution in [2.75, 3.05) is 5.32 Å². The van der Waals surface area contributed by atoms with E-state index in [4.69, 9.17) is 0 Å². The van der Waals surface area contributed by atoms with E-state index in [2.05, 4.69) is 212 Å². The third kappa shape index (κ3) is 4.88. The molecule has 9 aromatic carbocycles. The van der Waals surface area contributed by atoms with Crippen LogP contribution in [0.3, 0.4) is 0 Å². The van der Waals surface area contributed by atoms with Crippen LogP contribution in [0.4, 0.5) is 11.4 Å². The number of benzene rings is 9. The highest BCUT2D eigenvalue weighted by molar-refractivity contribution is 6.17. The van der Waals surface area contributed by atoms with Crippen molar-refractivity contribution < 1.29 is 0 Å². The van der Waals surface area contributed by atoms with Crippen molar-refractivity contribution in [1.82, 2.24) is 4.57 Å². The summed E-state index contributed by atoms with van der Waals surface area (Å²) in [7, 11) is 0. The molecule has 1 aliphatic carbocycles. The average molecular weight is 703 g/mol. The minimum atomic E-state index is -0.0921. The molecule has 10 aromatic rings. The van der Waals surface area contributed by atoms with Crippen molar-refractivity contribution >= 4 is 54.7 Å². The number of aromatic nitrogens is 1. The van der Waals surface area contributed by atoms with Gasteiger partial charge in [0.15, 0.2) is 0 Å². The number of fused-ring (bicyclic) bond motifs is 9. The summed E-state index contributed by atoms with van der Waals surface area (Å²) in [5.74, 6) is 0. The molecule has 0 saturated carbocycles. The van der Waals surface area contributed by atoms with E-state index in [9.17, 15) is 0 Å². The van der Waals surface area contributed by atoms with Gasteiger partial charge in [0, 0.05) is 44.1 Å². The third-order valence-corrected chi connectivity index (χ3v) is 11.9. The zero-order valence-electron chi connectivity index (χ0n) is 30.8. The van der Waals surface area contributed by atoms with Crippen molar-refractivity contribution in [3.63, 3.8) is 0 Å². The van der Waals surface area contributed by atoms with Gasteiger partial charge in [-0.1, -0.05) is 159 Å². The summed E-state index contributed by atoms with van der Waals surface area (Å²) in [5, 5.41) is 11.2. The van der Waals surface area contributed by atoms with Crippen LogP contribution in [-0.4, -0.2) is 4.57 Å². The zero-order valence-corrected chi connectivity index (χ0v) is 30.8. The molecule has 2 heteroatoms. The third-order valence-electron chi connectivity index (χ3n) is 11.9. The number of hydrogen-bond acceptors (Lipinski definition) is 1. The summed E-state index contributed by atoms with van der Waals surface area (Å²) in [6.45, 7) is 4.74. The smallest absolute Gasteiger partial charge is 0.0622 e. The predicted octanol–water partition coefficient (Wildman–Crippen LogP) is 14.5. The molecule has 55 heavy (non-hydrogen) atoms. The van der Waals surface area contributed by atoms with Gasteiger partial charge in [0.2, 0.25) is 0 Å². The maximum Gasteiger partial charge on any atom is 0.0622 e. The summed E-state index contributed by atoms with van der Waals surface area (Å²) in [4.78, 5) is 0. The summed E-state index contributed by atoms with van der Waals surface area (Å²) >= 11 is 0. The van der Waals surface area contributed by atoms with Crippen molar-refractivity contribution in [3.05, 3.63) is 199 Å². The molecule has 260 valence electrons. The van der Waals surface area contributed by atoms with Gasteiger partial charge in [-0.3, -0.25) is 0 Å². The number of hydrogen-bond donors (Lipinski definition) is 1. The molecular weight excluding hydrogens is 665 g/mol. The normalized spacial score (nSPS) is 13.1. The molecule has 0 bridgehead atoms. The first-order chi connectivity index (χ1) is 27.0. The van der Waals surface area contributed by atoms with Gasteiger partial charge in [0.25, 0.3) is 0 Å². The second-order valence-corrected chi connectivity index (χ2v) is 15.4. The quantitative estimate of drug-likeness (QED) is 0.189. The van der Waals surface area contributed by atoms with Crippen LogP contribution in [0.5, 0.6) is 0 Å². The van der Waals surface area contributed by atoms with E-state index in [1.807, 2.05) is 0 Å². The van der Waals surface area contributed by atoms with Crippen LogP contribution in [-0.2, 0) is 5.41 Å². The van der Waals surface area contributed by atoms with Gasteiger partial charge < -0.3 is 9.88 Å². The lowest BCUT2D eigenvalue weighted by Crippen LogP contribution is -2.14. The molecule has 1 aliphatic rings. The van der Waals surface area contributed by atoms with Crippen LogP contribution >= 0.6 is 0 Å². The van der Waals surface area contributed by atoms with E-state index in [-0.39, 0.29) is 5.41 Å². The minimum absolute atomic E-state index is 0.0921. The predicted molar refractivity (Wildman–Crippen MR) is 234 cm³/mol. The van der Waals surface area contributed by atoms with E-state index in [0.717, 1.165) is 11.4 Å². The van der Waals surface area contributed by atoms with E-state index in [1.165, 1.54) is 93.5 Å². The van der Waals surface area contributed by atoms with Crippen LogP contribution in [0.1, 0.15) is 25.0 Å². The van der Waals surface area contributed by atoms with E-state index in [1.54, 1.807) is 0 Å². The summed E-state index contributed by atoms with van der Waals surface area (Å²) in [6, 6.07) is 69.0. The average Bonchev–Trinajstić information content (AvgIpc) is 3.68. The van der Waals surface area contributed by atoms with E-state index < -0.39 is 0 Å². The van der Waals surface area contributed by atoms with Crippen molar-refractivity contribution in [2.45, 2.75) is 19.3 Å².